The first-order chi connectivity index (χ1) is 7.48. The molecule has 0 aliphatic heterocycles. The maximum atomic E-state index is 11.9. The summed E-state index contributed by atoms with van der Waals surface area (Å²) in [5, 5.41) is 14.4. The Morgan fingerprint density at radius 1 is 1.62 bits per heavy atom. The average Bonchev–Trinajstić information content (AvgIpc) is 2.69. The lowest BCUT2D eigenvalue weighted by Crippen LogP contribution is -2.36. The minimum absolute atomic E-state index is 0.0952. The third-order valence-corrected chi connectivity index (χ3v) is 3.65. The Labute approximate surface area is 93.1 Å². The minimum Gasteiger partial charge on any atom is -0.480 e. The van der Waals surface area contributed by atoms with Crippen LogP contribution in [0.1, 0.15) is 13.3 Å². The fourth-order valence-electron chi connectivity index (χ4n) is 1.21. The Balaban J connectivity index is 2.97. The fourth-order valence-corrected chi connectivity index (χ4v) is 2.59. The molecule has 0 radical (unpaired) electrons. The first kappa shape index (κ1) is 12.7. The summed E-state index contributed by atoms with van der Waals surface area (Å²) in [5.74, 6) is -1.18. The lowest BCUT2D eigenvalue weighted by molar-refractivity contribution is -0.137. The van der Waals surface area contributed by atoms with Gasteiger partial charge < -0.3 is 5.11 Å². The maximum absolute atomic E-state index is 11.9. The number of hydrogen-bond donors (Lipinski definition) is 2. The van der Waals surface area contributed by atoms with E-state index in [0.717, 1.165) is 4.31 Å². The van der Waals surface area contributed by atoms with Crippen LogP contribution in [0.4, 0.5) is 0 Å². The molecule has 8 heteroatoms. The predicted molar refractivity (Wildman–Crippen MR) is 55.3 cm³/mol. The molecule has 1 aromatic rings. The smallest absolute Gasteiger partial charge is 0.318 e. The van der Waals surface area contributed by atoms with Crippen LogP contribution in [-0.4, -0.2) is 47.1 Å². The molecule has 0 aliphatic carbocycles. The molecular formula is C8H13N3O4S. The maximum Gasteiger partial charge on any atom is 0.318 e. The monoisotopic (exact) mass is 247 g/mol. The van der Waals surface area contributed by atoms with E-state index in [9.17, 15) is 13.2 Å². The van der Waals surface area contributed by atoms with E-state index in [0.29, 0.717) is 6.42 Å². The van der Waals surface area contributed by atoms with E-state index in [2.05, 4.69) is 10.2 Å². The highest BCUT2D eigenvalue weighted by Gasteiger charge is 2.26. The Bertz CT molecular complexity index is 440. The van der Waals surface area contributed by atoms with Gasteiger partial charge in [0.25, 0.3) is 10.0 Å². The summed E-state index contributed by atoms with van der Waals surface area (Å²) in [6, 6.07) is 1.29. The van der Waals surface area contributed by atoms with Gasteiger partial charge in [-0.15, -0.1) is 0 Å². The van der Waals surface area contributed by atoms with Gasteiger partial charge in [-0.05, 0) is 12.5 Å². The summed E-state index contributed by atoms with van der Waals surface area (Å²) in [5.41, 5.74) is 0. The topological polar surface area (TPSA) is 103 Å². The van der Waals surface area contributed by atoms with E-state index in [1.165, 1.54) is 12.3 Å². The van der Waals surface area contributed by atoms with Crippen molar-refractivity contribution >= 4 is 16.0 Å². The van der Waals surface area contributed by atoms with Crippen LogP contribution in [0.5, 0.6) is 0 Å². The van der Waals surface area contributed by atoms with Gasteiger partial charge in [0.15, 0.2) is 5.03 Å². The second-order valence-electron chi connectivity index (χ2n) is 3.15. The van der Waals surface area contributed by atoms with Crippen molar-refractivity contribution in [1.29, 1.82) is 0 Å². The number of hydrogen-bond acceptors (Lipinski definition) is 4. The van der Waals surface area contributed by atoms with Crippen molar-refractivity contribution in [2.24, 2.45) is 0 Å². The van der Waals surface area contributed by atoms with Gasteiger partial charge in [-0.25, -0.2) is 8.42 Å². The fraction of sp³-hybridized carbons (Fsp3) is 0.500. The van der Waals surface area contributed by atoms with Crippen LogP contribution in [0, 0.1) is 0 Å². The van der Waals surface area contributed by atoms with Crippen LogP contribution >= 0.6 is 0 Å². The molecule has 90 valence electrons. The summed E-state index contributed by atoms with van der Waals surface area (Å²) < 4.78 is 24.7. The van der Waals surface area contributed by atoms with Crippen LogP contribution < -0.4 is 0 Å². The molecule has 0 unspecified atom stereocenters. The molecule has 1 aromatic heterocycles. The number of carbonyl (C=O) groups is 1. The molecule has 0 fully saturated rings. The van der Waals surface area contributed by atoms with Gasteiger partial charge in [0, 0.05) is 6.54 Å². The third-order valence-electron chi connectivity index (χ3n) is 1.88. The summed E-state index contributed by atoms with van der Waals surface area (Å²) in [6.07, 6.45) is 1.85. The number of aromatic nitrogens is 2. The lowest BCUT2D eigenvalue weighted by Gasteiger charge is -2.18. The minimum atomic E-state index is -3.78. The highest BCUT2D eigenvalue weighted by Crippen LogP contribution is 2.12. The standard InChI is InChI=1S/C8H13N3O4S/c1-2-5-11(6-8(12)13)16(14,15)7-3-4-9-10-7/h3-4H,2,5-6H2,1H3,(H,9,10)(H,12,13). The van der Waals surface area contributed by atoms with E-state index < -0.39 is 22.5 Å². The van der Waals surface area contributed by atoms with Crippen LogP contribution in [0.25, 0.3) is 0 Å². The first-order valence-corrected chi connectivity index (χ1v) is 6.13. The molecule has 0 bridgehead atoms. The Morgan fingerprint density at radius 3 is 2.75 bits per heavy atom. The van der Waals surface area contributed by atoms with Gasteiger partial charge in [-0.3, -0.25) is 9.89 Å². The molecule has 1 heterocycles. The van der Waals surface area contributed by atoms with Crippen molar-refractivity contribution in [1.82, 2.24) is 14.5 Å². The normalized spacial score (nSPS) is 11.9. The van der Waals surface area contributed by atoms with E-state index in [4.69, 9.17) is 5.11 Å². The van der Waals surface area contributed by atoms with Crippen molar-refractivity contribution in [3.8, 4) is 0 Å². The zero-order valence-electron chi connectivity index (χ0n) is 8.75. The van der Waals surface area contributed by atoms with Gasteiger partial charge in [0.1, 0.15) is 6.54 Å². The van der Waals surface area contributed by atoms with Crippen molar-refractivity contribution in [2.75, 3.05) is 13.1 Å². The first-order valence-electron chi connectivity index (χ1n) is 4.69. The largest absolute Gasteiger partial charge is 0.480 e. The Hall–Kier alpha value is -1.41. The molecule has 0 aliphatic rings. The molecule has 0 aromatic carbocycles. The van der Waals surface area contributed by atoms with Crippen molar-refractivity contribution in [3.05, 3.63) is 12.3 Å². The van der Waals surface area contributed by atoms with Crippen LogP contribution in [0.15, 0.2) is 17.3 Å². The van der Waals surface area contributed by atoms with Crippen LogP contribution in [0.3, 0.4) is 0 Å². The SMILES string of the molecule is CCCN(CC(=O)O)S(=O)(=O)c1ccn[nH]1. The molecule has 0 spiro atoms. The molecule has 0 saturated carbocycles. The summed E-state index contributed by atoms with van der Waals surface area (Å²) in [6.45, 7) is 1.39. The lowest BCUT2D eigenvalue weighted by atomic mass is 10.5. The zero-order valence-corrected chi connectivity index (χ0v) is 9.57. The molecule has 2 N–H and O–H groups in total. The number of sulfonamides is 1. The van der Waals surface area contributed by atoms with Crippen LogP contribution in [0.2, 0.25) is 0 Å². The average molecular weight is 247 g/mol. The summed E-state index contributed by atoms with van der Waals surface area (Å²) >= 11 is 0. The number of nitrogens with zero attached hydrogens (tertiary/aromatic N) is 2. The van der Waals surface area contributed by atoms with Crippen molar-refractivity contribution in [2.45, 2.75) is 18.4 Å². The van der Waals surface area contributed by atoms with Crippen molar-refractivity contribution < 1.29 is 18.3 Å². The number of nitrogens with one attached hydrogen (secondary N) is 1. The molecule has 1 rings (SSSR count). The number of carboxylic acids is 1. The molecular weight excluding hydrogens is 234 g/mol. The molecule has 7 nitrogen and oxygen atoms in total. The molecule has 16 heavy (non-hydrogen) atoms. The van der Waals surface area contributed by atoms with E-state index in [1.807, 2.05) is 0 Å². The van der Waals surface area contributed by atoms with Crippen molar-refractivity contribution in [3.63, 3.8) is 0 Å². The van der Waals surface area contributed by atoms with Gasteiger partial charge in [-0.1, -0.05) is 6.92 Å². The van der Waals surface area contributed by atoms with Gasteiger partial charge in [0.2, 0.25) is 0 Å². The van der Waals surface area contributed by atoms with Gasteiger partial charge >= 0.3 is 5.97 Å². The number of rotatable bonds is 6. The Morgan fingerprint density at radius 2 is 2.31 bits per heavy atom. The van der Waals surface area contributed by atoms with Crippen LogP contribution in [-0.2, 0) is 14.8 Å². The van der Waals surface area contributed by atoms with Gasteiger partial charge in [-0.2, -0.15) is 9.40 Å². The Kier molecular flexibility index (Phi) is 4.02. The van der Waals surface area contributed by atoms with E-state index in [-0.39, 0.29) is 11.6 Å². The molecule has 0 atom stereocenters. The van der Waals surface area contributed by atoms with E-state index >= 15 is 0 Å². The number of aliphatic carboxylic acids is 1. The third kappa shape index (κ3) is 2.80. The molecule has 0 saturated heterocycles. The summed E-state index contributed by atoms with van der Waals surface area (Å²) in [7, 11) is -3.78. The summed E-state index contributed by atoms with van der Waals surface area (Å²) in [4.78, 5) is 10.6. The second kappa shape index (κ2) is 5.08. The highest BCUT2D eigenvalue weighted by molar-refractivity contribution is 7.89. The predicted octanol–water partition coefficient (Wildman–Crippen LogP) is -0.105. The van der Waals surface area contributed by atoms with Gasteiger partial charge in [0.05, 0.1) is 6.20 Å². The zero-order chi connectivity index (χ0) is 12.2. The quantitative estimate of drug-likeness (QED) is 0.730. The number of carboxylic acid groups (broad SMARTS) is 1. The number of H-pyrrole nitrogens is 1. The second-order valence-corrected chi connectivity index (χ2v) is 5.06. The number of aromatic amines is 1. The highest BCUT2D eigenvalue weighted by atomic mass is 32.2. The van der Waals surface area contributed by atoms with E-state index in [1.54, 1.807) is 6.92 Å². The molecule has 0 amide bonds.